The first kappa shape index (κ1) is 15.0. The van der Waals surface area contributed by atoms with E-state index in [-0.39, 0.29) is 0 Å². The smallest absolute Gasteiger partial charge is 0.0109 e. The Morgan fingerprint density at radius 2 is 0.958 bits per heavy atom. The summed E-state index contributed by atoms with van der Waals surface area (Å²) in [7, 11) is 0. The standard InChI is InChI=1S/C24H30/c1-3-7-17(8-4-1)21-15-13-19-11-12-20-14-16-22(24(21)23(19)20)18-9-5-2-6-10-18/h13-18H,1-12H2. The zero-order chi connectivity index (χ0) is 15.9. The van der Waals surface area contributed by atoms with Crippen molar-refractivity contribution in [3.05, 3.63) is 46.5 Å². The van der Waals surface area contributed by atoms with Crippen LogP contribution in [0.4, 0.5) is 0 Å². The van der Waals surface area contributed by atoms with Crippen LogP contribution in [0.5, 0.6) is 0 Å². The summed E-state index contributed by atoms with van der Waals surface area (Å²) < 4.78 is 0. The summed E-state index contributed by atoms with van der Waals surface area (Å²) >= 11 is 0. The number of rotatable bonds is 2. The summed E-state index contributed by atoms with van der Waals surface area (Å²) in [6, 6.07) is 10.0. The van der Waals surface area contributed by atoms with Crippen LogP contribution in [0.25, 0.3) is 10.8 Å². The van der Waals surface area contributed by atoms with E-state index < -0.39 is 0 Å². The lowest BCUT2D eigenvalue weighted by atomic mass is 9.76. The van der Waals surface area contributed by atoms with Crippen LogP contribution in [0.15, 0.2) is 24.3 Å². The molecule has 0 N–H and O–H groups in total. The normalized spacial score (nSPS) is 22.3. The van der Waals surface area contributed by atoms with Gasteiger partial charge in [0.05, 0.1) is 0 Å². The van der Waals surface area contributed by atoms with Crippen molar-refractivity contribution in [3.63, 3.8) is 0 Å². The number of benzene rings is 2. The van der Waals surface area contributed by atoms with Gasteiger partial charge in [-0.25, -0.2) is 0 Å². The highest BCUT2D eigenvalue weighted by atomic mass is 14.3. The van der Waals surface area contributed by atoms with Crippen molar-refractivity contribution in [2.75, 3.05) is 0 Å². The van der Waals surface area contributed by atoms with Crippen LogP contribution in [-0.2, 0) is 12.8 Å². The van der Waals surface area contributed by atoms with Crippen molar-refractivity contribution in [3.8, 4) is 0 Å². The topological polar surface area (TPSA) is 0 Å². The van der Waals surface area contributed by atoms with Crippen LogP contribution in [0, 0.1) is 0 Å². The molecule has 0 unspecified atom stereocenters. The summed E-state index contributed by atoms with van der Waals surface area (Å²) in [4.78, 5) is 0. The molecule has 2 aromatic carbocycles. The monoisotopic (exact) mass is 318 g/mol. The van der Waals surface area contributed by atoms with Crippen LogP contribution >= 0.6 is 0 Å². The van der Waals surface area contributed by atoms with Crippen molar-refractivity contribution < 1.29 is 0 Å². The maximum Gasteiger partial charge on any atom is -0.0109 e. The summed E-state index contributed by atoms with van der Waals surface area (Å²) in [6.07, 6.45) is 16.9. The van der Waals surface area contributed by atoms with E-state index in [9.17, 15) is 0 Å². The van der Waals surface area contributed by atoms with Gasteiger partial charge in [-0.05, 0) is 83.4 Å². The molecule has 3 aliphatic carbocycles. The maximum atomic E-state index is 2.54. The van der Waals surface area contributed by atoms with Gasteiger partial charge in [-0.2, -0.15) is 0 Å². The second kappa shape index (κ2) is 6.21. The molecule has 2 saturated carbocycles. The molecule has 0 spiro atoms. The highest BCUT2D eigenvalue weighted by Gasteiger charge is 2.26. The number of hydrogen-bond donors (Lipinski definition) is 0. The highest BCUT2D eigenvalue weighted by Crippen LogP contribution is 2.45. The summed E-state index contributed by atoms with van der Waals surface area (Å²) in [5.74, 6) is 1.65. The van der Waals surface area contributed by atoms with Crippen molar-refractivity contribution >= 4 is 10.8 Å². The van der Waals surface area contributed by atoms with Gasteiger partial charge in [-0.15, -0.1) is 0 Å². The fourth-order valence-electron chi connectivity index (χ4n) is 5.89. The predicted octanol–water partition coefficient (Wildman–Crippen LogP) is 7.03. The van der Waals surface area contributed by atoms with Crippen LogP contribution < -0.4 is 0 Å². The fourth-order valence-corrected chi connectivity index (χ4v) is 5.89. The van der Waals surface area contributed by atoms with Gasteiger partial charge >= 0.3 is 0 Å². The Morgan fingerprint density at radius 1 is 0.500 bits per heavy atom. The molecule has 2 aromatic rings. The summed E-state index contributed by atoms with van der Waals surface area (Å²) in [5, 5.41) is 3.41. The molecule has 2 fully saturated rings. The minimum atomic E-state index is 0.825. The molecule has 0 atom stereocenters. The van der Waals surface area contributed by atoms with E-state index >= 15 is 0 Å². The Bertz CT molecular complexity index is 681. The van der Waals surface area contributed by atoms with E-state index in [0.29, 0.717) is 0 Å². The van der Waals surface area contributed by atoms with Gasteiger partial charge in [0.2, 0.25) is 0 Å². The van der Waals surface area contributed by atoms with Crippen LogP contribution in [0.2, 0.25) is 0 Å². The first-order valence-electron chi connectivity index (χ1n) is 10.5. The Labute approximate surface area is 146 Å². The molecule has 5 rings (SSSR count). The molecule has 0 saturated heterocycles. The lowest BCUT2D eigenvalue weighted by Crippen LogP contribution is -2.09. The molecule has 0 radical (unpaired) electrons. The van der Waals surface area contributed by atoms with E-state index in [2.05, 4.69) is 24.3 Å². The van der Waals surface area contributed by atoms with E-state index in [1.54, 1.807) is 33.0 Å². The van der Waals surface area contributed by atoms with Gasteiger partial charge in [-0.1, -0.05) is 62.8 Å². The average Bonchev–Trinajstić information content (AvgIpc) is 3.08. The van der Waals surface area contributed by atoms with Crippen LogP contribution in [0.3, 0.4) is 0 Å². The van der Waals surface area contributed by atoms with Gasteiger partial charge in [0.15, 0.2) is 0 Å². The molecular weight excluding hydrogens is 288 g/mol. The SMILES string of the molecule is c1cc(C2CCCCC2)c2c(C3CCCCC3)ccc3c2c1CC3. The van der Waals surface area contributed by atoms with Crippen LogP contribution in [-0.4, -0.2) is 0 Å². The van der Waals surface area contributed by atoms with Gasteiger partial charge in [0.1, 0.15) is 0 Å². The van der Waals surface area contributed by atoms with Crippen molar-refractivity contribution in [1.82, 2.24) is 0 Å². The minimum Gasteiger partial charge on any atom is -0.0581 e. The lowest BCUT2D eigenvalue weighted by molar-refractivity contribution is 0.440. The van der Waals surface area contributed by atoms with Gasteiger partial charge in [0.25, 0.3) is 0 Å². The Balaban J connectivity index is 1.71. The zero-order valence-electron chi connectivity index (χ0n) is 14.9. The largest absolute Gasteiger partial charge is 0.0581 e. The lowest BCUT2D eigenvalue weighted by Gasteiger charge is -2.28. The molecule has 0 amide bonds. The first-order chi connectivity index (χ1) is 11.9. The Morgan fingerprint density at radius 3 is 1.42 bits per heavy atom. The third-order valence-corrected chi connectivity index (χ3v) is 7.15. The summed E-state index contributed by atoms with van der Waals surface area (Å²) in [5.41, 5.74) is 6.71. The number of aryl methyl sites for hydroxylation is 2. The molecule has 0 heteroatoms. The zero-order valence-corrected chi connectivity index (χ0v) is 14.9. The van der Waals surface area contributed by atoms with E-state index in [1.807, 2.05) is 0 Å². The van der Waals surface area contributed by atoms with Gasteiger partial charge in [-0.3, -0.25) is 0 Å². The van der Waals surface area contributed by atoms with E-state index in [1.165, 1.54) is 77.0 Å². The minimum absolute atomic E-state index is 0.825. The molecular formula is C24H30. The first-order valence-corrected chi connectivity index (χ1v) is 10.5. The van der Waals surface area contributed by atoms with Crippen molar-refractivity contribution in [2.45, 2.75) is 88.9 Å². The highest BCUT2D eigenvalue weighted by molar-refractivity contribution is 5.96. The molecule has 0 heterocycles. The average molecular weight is 319 g/mol. The quantitative estimate of drug-likeness (QED) is 0.557. The third kappa shape index (κ3) is 2.41. The second-order valence-electron chi connectivity index (χ2n) is 8.55. The van der Waals surface area contributed by atoms with Crippen molar-refractivity contribution in [2.24, 2.45) is 0 Å². The van der Waals surface area contributed by atoms with E-state index in [0.717, 1.165) is 11.8 Å². The molecule has 0 aromatic heterocycles. The Hall–Kier alpha value is -1.30. The molecule has 0 nitrogen and oxygen atoms in total. The predicted molar refractivity (Wildman–Crippen MR) is 103 cm³/mol. The van der Waals surface area contributed by atoms with E-state index in [4.69, 9.17) is 0 Å². The van der Waals surface area contributed by atoms with Crippen molar-refractivity contribution in [1.29, 1.82) is 0 Å². The fraction of sp³-hybridized carbons (Fsp3) is 0.583. The molecule has 0 aliphatic heterocycles. The number of hydrogen-bond acceptors (Lipinski definition) is 0. The van der Waals surface area contributed by atoms with Crippen LogP contribution in [0.1, 0.15) is 98.3 Å². The molecule has 3 aliphatic rings. The molecule has 0 bridgehead atoms. The maximum absolute atomic E-state index is 2.54. The van der Waals surface area contributed by atoms with Gasteiger partial charge < -0.3 is 0 Å². The summed E-state index contributed by atoms with van der Waals surface area (Å²) in [6.45, 7) is 0. The third-order valence-electron chi connectivity index (χ3n) is 7.15. The molecule has 24 heavy (non-hydrogen) atoms. The Kier molecular flexibility index (Phi) is 3.88. The second-order valence-corrected chi connectivity index (χ2v) is 8.55. The molecule has 126 valence electrons. The van der Waals surface area contributed by atoms with Gasteiger partial charge in [0, 0.05) is 0 Å².